The number of rotatable bonds is 5. The molecule has 0 aromatic carbocycles. The van der Waals surface area contributed by atoms with Crippen LogP contribution in [0.4, 0.5) is 0 Å². The van der Waals surface area contributed by atoms with Gasteiger partial charge >= 0.3 is 0 Å². The third kappa shape index (κ3) is 3.97. The summed E-state index contributed by atoms with van der Waals surface area (Å²) >= 11 is 0. The number of aromatic nitrogens is 4. The fourth-order valence-electron chi connectivity index (χ4n) is 2.54. The molecule has 1 saturated heterocycles. The molecule has 3 heterocycles. The first kappa shape index (κ1) is 15.3. The lowest BCUT2D eigenvalue weighted by atomic mass is 10.1. The molecule has 2 aromatic heterocycles. The Morgan fingerprint density at radius 3 is 2.87 bits per heavy atom. The second kappa shape index (κ2) is 7.08. The van der Waals surface area contributed by atoms with E-state index in [2.05, 4.69) is 15.3 Å². The van der Waals surface area contributed by atoms with Crippen LogP contribution in [0.3, 0.4) is 0 Å². The van der Waals surface area contributed by atoms with Gasteiger partial charge in [-0.1, -0.05) is 0 Å². The highest BCUT2D eigenvalue weighted by Crippen LogP contribution is 2.17. The number of methoxy groups -OCH3 is 1. The van der Waals surface area contributed by atoms with Gasteiger partial charge in [0.1, 0.15) is 12.6 Å². The summed E-state index contributed by atoms with van der Waals surface area (Å²) in [5.74, 6) is 0.928. The monoisotopic (exact) mass is 317 g/mol. The maximum atomic E-state index is 12.3. The van der Waals surface area contributed by atoms with Crippen LogP contribution in [0, 0.1) is 0 Å². The van der Waals surface area contributed by atoms with Crippen LogP contribution in [0.25, 0.3) is 0 Å². The van der Waals surface area contributed by atoms with Crippen molar-refractivity contribution in [3.63, 3.8) is 0 Å². The van der Waals surface area contributed by atoms with Gasteiger partial charge in [-0.15, -0.1) is 10.2 Å². The summed E-state index contributed by atoms with van der Waals surface area (Å²) in [7, 11) is 1.54. The van der Waals surface area contributed by atoms with Crippen LogP contribution in [0.15, 0.2) is 30.6 Å². The molecule has 3 rings (SSSR count). The van der Waals surface area contributed by atoms with Gasteiger partial charge in [-0.2, -0.15) is 5.10 Å². The first-order valence-electron chi connectivity index (χ1n) is 7.54. The van der Waals surface area contributed by atoms with Gasteiger partial charge in [-0.25, -0.2) is 0 Å². The molecule has 8 heteroatoms. The molecule has 1 aliphatic rings. The van der Waals surface area contributed by atoms with E-state index in [4.69, 9.17) is 9.47 Å². The van der Waals surface area contributed by atoms with Gasteiger partial charge in [0.15, 0.2) is 0 Å². The lowest BCUT2D eigenvalue weighted by molar-refractivity contribution is -0.134. The second-order valence-corrected chi connectivity index (χ2v) is 5.34. The Bertz CT molecular complexity index is 629. The number of likely N-dealkylation sites (tertiary alicyclic amines) is 1. The van der Waals surface area contributed by atoms with Crippen LogP contribution in [0.1, 0.15) is 12.8 Å². The summed E-state index contributed by atoms with van der Waals surface area (Å²) in [5, 5.41) is 11.9. The molecule has 0 bridgehead atoms. The van der Waals surface area contributed by atoms with Crippen molar-refractivity contribution in [1.82, 2.24) is 24.9 Å². The second-order valence-electron chi connectivity index (χ2n) is 5.34. The predicted octanol–water partition coefficient (Wildman–Crippen LogP) is 0.752. The summed E-state index contributed by atoms with van der Waals surface area (Å²) in [6.07, 6.45) is 5.16. The van der Waals surface area contributed by atoms with Crippen molar-refractivity contribution >= 4 is 5.91 Å². The standard InChI is InChI=1S/C15H19N5O3/c1-22-13-5-6-14(18-17-13)23-12-4-2-8-19(10-12)15(21)11-20-9-3-7-16-20/h3,5-7,9,12H,2,4,8,10-11H2,1H3. The summed E-state index contributed by atoms with van der Waals surface area (Å²) in [4.78, 5) is 14.1. The van der Waals surface area contributed by atoms with Gasteiger partial charge in [-0.3, -0.25) is 9.48 Å². The lowest BCUT2D eigenvalue weighted by Gasteiger charge is -2.32. The first-order valence-corrected chi connectivity index (χ1v) is 7.54. The van der Waals surface area contributed by atoms with E-state index in [1.165, 1.54) is 7.11 Å². The number of nitrogens with zero attached hydrogens (tertiary/aromatic N) is 5. The van der Waals surface area contributed by atoms with Gasteiger partial charge < -0.3 is 14.4 Å². The van der Waals surface area contributed by atoms with Gasteiger partial charge in [0.05, 0.1) is 13.7 Å². The summed E-state index contributed by atoms with van der Waals surface area (Å²) < 4.78 is 12.4. The molecule has 0 saturated carbocycles. The van der Waals surface area contributed by atoms with E-state index in [0.29, 0.717) is 18.3 Å². The van der Waals surface area contributed by atoms with Gasteiger partial charge in [0.25, 0.3) is 0 Å². The van der Waals surface area contributed by atoms with Crippen molar-refractivity contribution in [2.24, 2.45) is 0 Å². The van der Waals surface area contributed by atoms with E-state index in [1.54, 1.807) is 35.3 Å². The smallest absolute Gasteiger partial charge is 0.244 e. The Morgan fingerprint density at radius 1 is 1.35 bits per heavy atom. The maximum Gasteiger partial charge on any atom is 0.244 e. The van der Waals surface area contributed by atoms with Crippen LogP contribution in [0.2, 0.25) is 0 Å². The lowest BCUT2D eigenvalue weighted by Crippen LogP contribution is -2.45. The molecular weight excluding hydrogens is 298 g/mol. The Labute approximate surface area is 134 Å². The average Bonchev–Trinajstić information content (AvgIpc) is 3.09. The summed E-state index contributed by atoms with van der Waals surface area (Å²) in [5.41, 5.74) is 0. The highest BCUT2D eigenvalue weighted by atomic mass is 16.5. The van der Waals surface area contributed by atoms with Crippen LogP contribution in [-0.4, -0.2) is 57.1 Å². The maximum absolute atomic E-state index is 12.3. The number of carbonyl (C=O) groups is 1. The number of ether oxygens (including phenoxy) is 2. The number of hydrogen-bond donors (Lipinski definition) is 0. The third-order valence-electron chi connectivity index (χ3n) is 3.70. The van der Waals surface area contributed by atoms with Gasteiger partial charge in [0, 0.05) is 31.1 Å². The Kier molecular flexibility index (Phi) is 4.70. The highest BCUT2D eigenvalue weighted by Gasteiger charge is 2.25. The van der Waals surface area contributed by atoms with E-state index in [0.717, 1.165) is 19.4 Å². The van der Waals surface area contributed by atoms with Gasteiger partial charge in [-0.05, 0) is 18.9 Å². The molecule has 23 heavy (non-hydrogen) atoms. The van der Waals surface area contributed by atoms with Gasteiger partial charge in [0.2, 0.25) is 17.7 Å². The molecule has 1 amide bonds. The topological polar surface area (TPSA) is 82.4 Å². The van der Waals surface area contributed by atoms with Crippen LogP contribution < -0.4 is 9.47 Å². The highest BCUT2D eigenvalue weighted by molar-refractivity contribution is 5.76. The quantitative estimate of drug-likeness (QED) is 0.809. The zero-order chi connectivity index (χ0) is 16.1. The molecule has 2 aromatic rings. The van der Waals surface area contributed by atoms with Crippen LogP contribution in [-0.2, 0) is 11.3 Å². The van der Waals surface area contributed by atoms with Crippen LogP contribution in [0.5, 0.6) is 11.8 Å². The Balaban J connectivity index is 1.55. The Morgan fingerprint density at radius 2 is 2.17 bits per heavy atom. The van der Waals surface area contributed by atoms with Crippen molar-refractivity contribution in [3.05, 3.63) is 30.6 Å². The van der Waals surface area contributed by atoms with Crippen molar-refractivity contribution < 1.29 is 14.3 Å². The SMILES string of the molecule is COc1ccc(OC2CCCN(C(=O)Cn3cccn3)C2)nn1. The number of piperidine rings is 1. The van der Waals surface area contributed by atoms with Crippen LogP contribution >= 0.6 is 0 Å². The zero-order valence-corrected chi connectivity index (χ0v) is 13.0. The molecule has 1 fully saturated rings. The summed E-state index contributed by atoms with van der Waals surface area (Å²) in [6.45, 7) is 1.55. The minimum Gasteiger partial charge on any atom is -0.480 e. The molecule has 0 N–H and O–H groups in total. The predicted molar refractivity (Wildman–Crippen MR) is 81.0 cm³/mol. The third-order valence-corrected chi connectivity index (χ3v) is 3.70. The molecule has 0 radical (unpaired) electrons. The normalized spacial score (nSPS) is 17.8. The molecule has 1 unspecified atom stereocenters. The van der Waals surface area contributed by atoms with Crippen molar-refractivity contribution in [2.45, 2.75) is 25.5 Å². The zero-order valence-electron chi connectivity index (χ0n) is 13.0. The molecule has 1 atom stereocenters. The average molecular weight is 317 g/mol. The number of amides is 1. The molecule has 0 spiro atoms. The molecule has 122 valence electrons. The summed E-state index contributed by atoms with van der Waals surface area (Å²) in [6, 6.07) is 5.22. The van der Waals surface area contributed by atoms with E-state index in [1.807, 2.05) is 4.90 Å². The Hall–Kier alpha value is -2.64. The number of hydrogen-bond acceptors (Lipinski definition) is 6. The van der Waals surface area contributed by atoms with E-state index >= 15 is 0 Å². The number of carbonyl (C=O) groups excluding carboxylic acids is 1. The van der Waals surface area contributed by atoms with E-state index < -0.39 is 0 Å². The van der Waals surface area contributed by atoms with E-state index in [9.17, 15) is 4.79 Å². The van der Waals surface area contributed by atoms with Crippen molar-refractivity contribution in [1.29, 1.82) is 0 Å². The largest absolute Gasteiger partial charge is 0.480 e. The first-order chi connectivity index (χ1) is 11.2. The van der Waals surface area contributed by atoms with Crippen molar-refractivity contribution in [2.75, 3.05) is 20.2 Å². The molecule has 1 aliphatic heterocycles. The van der Waals surface area contributed by atoms with E-state index in [-0.39, 0.29) is 18.6 Å². The molecular formula is C15H19N5O3. The van der Waals surface area contributed by atoms with Crippen molar-refractivity contribution in [3.8, 4) is 11.8 Å². The minimum absolute atomic E-state index is 0.0443. The minimum atomic E-state index is -0.0759. The fourth-order valence-corrected chi connectivity index (χ4v) is 2.54. The fraction of sp³-hybridized carbons (Fsp3) is 0.467. The molecule has 8 nitrogen and oxygen atoms in total. The molecule has 0 aliphatic carbocycles.